The fourth-order valence-corrected chi connectivity index (χ4v) is 3.58. The van der Waals surface area contributed by atoms with Crippen LogP contribution in [0.1, 0.15) is 0 Å². The van der Waals surface area contributed by atoms with E-state index in [0.717, 1.165) is 13.1 Å². The highest BCUT2D eigenvalue weighted by molar-refractivity contribution is 5.71. The van der Waals surface area contributed by atoms with Gasteiger partial charge in [-0.15, -0.1) is 0 Å². The van der Waals surface area contributed by atoms with Crippen LogP contribution in [0.15, 0.2) is 36.7 Å². The van der Waals surface area contributed by atoms with Crippen LogP contribution < -0.4 is 14.7 Å². The van der Waals surface area contributed by atoms with E-state index >= 15 is 0 Å². The minimum Gasteiger partial charge on any atom is -0.378 e. The molecule has 1 aromatic carbocycles. The van der Waals surface area contributed by atoms with E-state index in [1.807, 2.05) is 28.0 Å². The standard InChI is InChI=1S/C18H22N6O3/c25-24(26)16-17(19-14-20-18(16)23-10-12-27-13-11-23)22-8-6-21(7-9-22)15-4-2-1-3-5-15/h1-5,14H,6-13H2. The van der Waals surface area contributed by atoms with Gasteiger partial charge in [0.2, 0.25) is 11.6 Å². The summed E-state index contributed by atoms with van der Waals surface area (Å²) in [6.07, 6.45) is 1.43. The maximum Gasteiger partial charge on any atom is 0.353 e. The molecule has 9 nitrogen and oxygen atoms in total. The summed E-state index contributed by atoms with van der Waals surface area (Å²) < 4.78 is 5.35. The lowest BCUT2D eigenvalue weighted by Gasteiger charge is -2.36. The van der Waals surface area contributed by atoms with Crippen molar-refractivity contribution in [1.82, 2.24) is 9.97 Å². The fourth-order valence-electron chi connectivity index (χ4n) is 3.58. The van der Waals surface area contributed by atoms with Gasteiger partial charge in [-0.2, -0.15) is 0 Å². The molecule has 0 spiro atoms. The Kier molecular flexibility index (Phi) is 5.01. The summed E-state index contributed by atoms with van der Waals surface area (Å²) in [7, 11) is 0. The van der Waals surface area contributed by atoms with Crippen LogP contribution in [0.2, 0.25) is 0 Å². The lowest BCUT2D eigenvalue weighted by atomic mass is 10.2. The van der Waals surface area contributed by atoms with Gasteiger partial charge in [0.1, 0.15) is 6.33 Å². The maximum atomic E-state index is 11.8. The molecule has 0 unspecified atom stereocenters. The first-order valence-corrected chi connectivity index (χ1v) is 9.11. The van der Waals surface area contributed by atoms with Crippen molar-refractivity contribution in [2.45, 2.75) is 0 Å². The molecule has 0 bridgehead atoms. The molecule has 0 N–H and O–H groups in total. The summed E-state index contributed by atoms with van der Waals surface area (Å²) in [6.45, 7) is 5.22. The first kappa shape index (κ1) is 17.5. The molecule has 2 saturated heterocycles. The third-order valence-electron chi connectivity index (χ3n) is 4.98. The molecular weight excluding hydrogens is 348 g/mol. The molecule has 9 heteroatoms. The van der Waals surface area contributed by atoms with Gasteiger partial charge in [-0.25, -0.2) is 9.97 Å². The number of nitrogens with zero attached hydrogens (tertiary/aromatic N) is 6. The van der Waals surface area contributed by atoms with Crippen LogP contribution in [-0.2, 0) is 4.74 Å². The Labute approximate surface area is 157 Å². The smallest absolute Gasteiger partial charge is 0.353 e. The molecule has 2 fully saturated rings. The van der Waals surface area contributed by atoms with Crippen LogP contribution in [0.4, 0.5) is 23.0 Å². The van der Waals surface area contributed by atoms with Crippen molar-refractivity contribution in [3.05, 3.63) is 46.8 Å². The molecule has 2 aliphatic rings. The quantitative estimate of drug-likeness (QED) is 0.592. The Bertz CT molecular complexity index is 789. The molecule has 0 radical (unpaired) electrons. The summed E-state index contributed by atoms with van der Waals surface area (Å²) in [4.78, 5) is 26.2. The third-order valence-corrected chi connectivity index (χ3v) is 4.98. The summed E-state index contributed by atoms with van der Waals surface area (Å²) in [5.74, 6) is 0.794. The highest BCUT2D eigenvalue weighted by Gasteiger charge is 2.32. The average molecular weight is 370 g/mol. The lowest BCUT2D eigenvalue weighted by molar-refractivity contribution is -0.383. The fraction of sp³-hybridized carbons (Fsp3) is 0.444. The number of aromatic nitrogens is 2. The zero-order chi connectivity index (χ0) is 18.6. The number of hydrogen-bond donors (Lipinski definition) is 0. The number of nitro groups is 1. The zero-order valence-electron chi connectivity index (χ0n) is 15.0. The second-order valence-corrected chi connectivity index (χ2v) is 6.54. The number of ether oxygens (including phenoxy) is 1. The lowest BCUT2D eigenvalue weighted by Crippen LogP contribution is -2.47. The largest absolute Gasteiger partial charge is 0.378 e. The van der Waals surface area contributed by atoms with Gasteiger partial charge < -0.3 is 19.4 Å². The van der Waals surface area contributed by atoms with Gasteiger partial charge in [0, 0.05) is 45.0 Å². The molecule has 0 aliphatic carbocycles. The van der Waals surface area contributed by atoms with Gasteiger partial charge in [0.05, 0.1) is 18.1 Å². The zero-order valence-corrected chi connectivity index (χ0v) is 15.0. The van der Waals surface area contributed by atoms with Crippen LogP contribution in [0.25, 0.3) is 0 Å². The number of rotatable bonds is 4. The van der Waals surface area contributed by atoms with Crippen molar-refractivity contribution in [2.24, 2.45) is 0 Å². The van der Waals surface area contributed by atoms with Crippen LogP contribution >= 0.6 is 0 Å². The number of benzene rings is 1. The van der Waals surface area contributed by atoms with Crippen LogP contribution in [0.5, 0.6) is 0 Å². The molecular formula is C18H22N6O3. The summed E-state index contributed by atoms with van der Waals surface area (Å²) in [5, 5.41) is 11.8. The molecule has 3 heterocycles. The molecule has 0 atom stereocenters. The molecule has 2 aromatic rings. The van der Waals surface area contributed by atoms with Gasteiger partial charge in [0.25, 0.3) is 0 Å². The predicted octanol–water partition coefficient (Wildman–Crippen LogP) is 1.55. The topological polar surface area (TPSA) is 87.9 Å². The van der Waals surface area contributed by atoms with Gasteiger partial charge in [0.15, 0.2) is 0 Å². The minimum atomic E-state index is -0.357. The van der Waals surface area contributed by atoms with E-state index in [9.17, 15) is 10.1 Å². The maximum absolute atomic E-state index is 11.8. The number of para-hydroxylation sites is 1. The normalized spacial score (nSPS) is 17.9. The van der Waals surface area contributed by atoms with Gasteiger partial charge in [-0.3, -0.25) is 10.1 Å². The Morgan fingerprint density at radius 3 is 2.00 bits per heavy atom. The van der Waals surface area contributed by atoms with E-state index in [4.69, 9.17) is 4.74 Å². The highest BCUT2D eigenvalue weighted by atomic mass is 16.6. The molecule has 0 saturated carbocycles. The van der Waals surface area contributed by atoms with Crippen LogP contribution in [0.3, 0.4) is 0 Å². The van der Waals surface area contributed by atoms with E-state index in [1.165, 1.54) is 12.0 Å². The first-order valence-electron chi connectivity index (χ1n) is 9.11. The monoisotopic (exact) mass is 370 g/mol. The van der Waals surface area contributed by atoms with Crippen molar-refractivity contribution in [2.75, 3.05) is 67.2 Å². The van der Waals surface area contributed by atoms with Crippen molar-refractivity contribution >= 4 is 23.0 Å². The Balaban J connectivity index is 1.56. The first-order chi connectivity index (χ1) is 13.2. The van der Waals surface area contributed by atoms with E-state index in [1.54, 1.807) is 0 Å². The van der Waals surface area contributed by atoms with Crippen LogP contribution in [-0.4, -0.2) is 67.4 Å². The van der Waals surface area contributed by atoms with Crippen molar-refractivity contribution in [3.8, 4) is 0 Å². The highest BCUT2D eigenvalue weighted by Crippen LogP contribution is 2.35. The Hall–Kier alpha value is -2.94. The summed E-state index contributed by atoms with van der Waals surface area (Å²) >= 11 is 0. The molecule has 4 rings (SSSR count). The third kappa shape index (κ3) is 3.63. The average Bonchev–Trinajstić information content (AvgIpc) is 2.74. The van der Waals surface area contributed by atoms with E-state index < -0.39 is 0 Å². The van der Waals surface area contributed by atoms with Gasteiger partial charge in [-0.1, -0.05) is 18.2 Å². The van der Waals surface area contributed by atoms with E-state index in [0.29, 0.717) is 51.0 Å². The number of hydrogen-bond acceptors (Lipinski definition) is 8. The molecule has 1 aromatic heterocycles. The van der Waals surface area contributed by atoms with Crippen molar-refractivity contribution < 1.29 is 9.66 Å². The van der Waals surface area contributed by atoms with E-state index in [-0.39, 0.29) is 10.6 Å². The Morgan fingerprint density at radius 1 is 0.852 bits per heavy atom. The minimum absolute atomic E-state index is 0.00689. The summed E-state index contributed by atoms with van der Waals surface area (Å²) in [5.41, 5.74) is 1.16. The van der Waals surface area contributed by atoms with Crippen molar-refractivity contribution in [1.29, 1.82) is 0 Å². The number of anilines is 3. The second kappa shape index (κ2) is 7.75. The molecule has 142 valence electrons. The predicted molar refractivity (Wildman–Crippen MR) is 103 cm³/mol. The number of morpholine rings is 1. The molecule has 27 heavy (non-hydrogen) atoms. The number of piperazine rings is 1. The van der Waals surface area contributed by atoms with Gasteiger partial charge >= 0.3 is 5.69 Å². The SMILES string of the molecule is O=[N+]([O-])c1c(N2CCOCC2)ncnc1N1CCN(c2ccccc2)CC1. The van der Waals surface area contributed by atoms with E-state index in [2.05, 4.69) is 27.0 Å². The van der Waals surface area contributed by atoms with Gasteiger partial charge in [-0.05, 0) is 12.1 Å². The second-order valence-electron chi connectivity index (χ2n) is 6.54. The van der Waals surface area contributed by atoms with Crippen LogP contribution in [0, 0.1) is 10.1 Å². The van der Waals surface area contributed by atoms with Crippen molar-refractivity contribution in [3.63, 3.8) is 0 Å². The molecule has 0 amide bonds. The molecule has 2 aliphatic heterocycles. The Morgan fingerprint density at radius 2 is 1.41 bits per heavy atom. The summed E-state index contributed by atoms with van der Waals surface area (Å²) in [6, 6.07) is 10.2.